The number of aromatic nitrogens is 1. The number of hydrogen-bond donors (Lipinski definition) is 2. The lowest BCUT2D eigenvalue weighted by molar-refractivity contribution is -0.134. The van der Waals surface area contributed by atoms with Crippen molar-refractivity contribution >= 4 is 51.4 Å². The highest BCUT2D eigenvalue weighted by molar-refractivity contribution is 6.44. The summed E-state index contributed by atoms with van der Waals surface area (Å²) < 4.78 is 0. The lowest BCUT2D eigenvalue weighted by atomic mass is 9.69. The molecule has 7 heteroatoms. The minimum atomic E-state index is -0.619. The fourth-order valence-electron chi connectivity index (χ4n) is 4.55. The Hall–Kier alpha value is -2.34. The largest absolute Gasteiger partial charge is 0.387 e. The van der Waals surface area contributed by atoms with Crippen molar-refractivity contribution in [3.8, 4) is 0 Å². The van der Waals surface area contributed by atoms with Crippen molar-refractivity contribution in [3.05, 3.63) is 63.8 Å². The van der Waals surface area contributed by atoms with Gasteiger partial charge < -0.3 is 15.0 Å². The molecule has 0 saturated carbocycles. The Balaban J connectivity index is 1.80. The minimum Gasteiger partial charge on any atom is -0.387 e. The summed E-state index contributed by atoms with van der Waals surface area (Å²) in [5.41, 5.74) is 4.04. The van der Waals surface area contributed by atoms with Crippen molar-refractivity contribution in [2.45, 2.75) is 11.8 Å². The van der Waals surface area contributed by atoms with E-state index in [4.69, 9.17) is 28.2 Å². The van der Waals surface area contributed by atoms with Gasteiger partial charge in [0.05, 0.1) is 21.1 Å². The maximum Gasteiger partial charge on any atom is 0.248 e. The Bertz CT molecular complexity index is 1150. The number of hydrogen-bond acceptors (Lipinski definition) is 3. The van der Waals surface area contributed by atoms with E-state index in [0.29, 0.717) is 35.2 Å². The van der Waals surface area contributed by atoms with Crippen LogP contribution in [0.4, 0.5) is 5.69 Å². The molecule has 5 nitrogen and oxygen atoms in total. The van der Waals surface area contributed by atoms with Crippen molar-refractivity contribution < 1.29 is 9.90 Å². The van der Waals surface area contributed by atoms with E-state index >= 15 is 0 Å². The third-order valence-electron chi connectivity index (χ3n) is 5.85. The summed E-state index contributed by atoms with van der Waals surface area (Å²) in [7, 11) is 0. The Kier molecular flexibility index (Phi) is 4.02. The number of aliphatic imine (C=N–C) groups is 1. The second kappa shape index (κ2) is 6.34. The Labute approximate surface area is 171 Å². The number of likely N-dealkylation sites (tertiary alicyclic amines) is 1. The molecule has 2 aromatic carbocycles. The van der Waals surface area contributed by atoms with Gasteiger partial charge in [0.2, 0.25) is 5.91 Å². The van der Waals surface area contributed by atoms with Gasteiger partial charge in [0.1, 0.15) is 6.61 Å². The van der Waals surface area contributed by atoms with Gasteiger partial charge in [0, 0.05) is 42.3 Å². The van der Waals surface area contributed by atoms with Crippen LogP contribution < -0.4 is 0 Å². The van der Waals surface area contributed by atoms with E-state index in [2.05, 4.69) is 11.1 Å². The van der Waals surface area contributed by atoms with Crippen molar-refractivity contribution in [2.75, 3.05) is 19.7 Å². The zero-order chi connectivity index (χ0) is 19.5. The van der Waals surface area contributed by atoms with E-state index in [-0.39, 0.29) is 5.91 Å². The molecule has 2 aliphatic rings. The molecule has 1 saturated heterocycles. The fraction of sp³-hybridized carbons (Fsp3) is 0.238. The first kappa shape index (κ1) is 17.7. The van der Waals surface area contributed by atoms with Crippen molar-refractivity contribution in [3.63, 3.8) is 0 Å². The topological polar surface area (TPSA) is 68.7 Å². The SMILES string of the molecule is O=C(CO)N1CCC2=Nc3c(ccc(Cl)c3Cl)C2(c2c[nH]c3ccccc23)C1. The quantitative estimate of drug-likeness (QED) is 0.664. The molecule has 5 rings (SSSR count). The van der Waals surface area contributed by atoms with Gasteiger partial charge in [-0.05, 0) is 23.3 Å². The lowest BCUT2D eigenvalue weighted by Gasteiger charge is -2.41. The number of fused-ring (bicyclic) bond motifs is 4. The van der Waals surface area contributed by atoms with Gasteiger partial charge in [0.15, 0.2) is 0 Å². The normalized spacial score (nSPS) is 20.8. The molecule has 2 aliphatic heterocycles. The number of carbonyl (C=O) groups is 1. The van der Waals surface area contributed by atoms with E-state index in [9.17, 15) is 9.90 Å². The highest BCUT2D eigenvalue weighted by Gasteiger charge is 2.50. The number of nitrogens with one attached hydrogen (secondary N) is 1. The van der Waals surface area contributed by atoms with Crippen molar-refractivity contribution in [1.29, 1.82) is 0 Å². The van der Waals surface area contributed by atoms with Crippen LogP contribution in [0.3, 0.4) is 0 Å². The first-order valence-electron chi connectivity index (χ1n) is 9.08. The predicted octanol–water partition coefficient (Wildman–Crippen LogP) is 4.07. The standard InChI is InChI=1S/C21H17Cl2N3O2/c22-15-6-5-13-20(19(15)23)25-17-7-8-26(18(28)10-27)11-21(13,17)14-9-24-16-4-2-1-3-12(14)16/h1-6,9,24,27H,7-8,10-11H2. The molecule has 1 unspecified atom stereocenters. The summed E-state index contributed by atoms with van der Waals surface area (Å²) in [5, 5.41) is 11.4. The smallest absolute Gasteiger partial charge is 0.248 e. The average molecular weight is 414 g/mol. The zero-order valence-corrected chi connectivity index (χ0v) is 16.4. The number of amides is 1. The third kappa shape index (κ3) is 2.30. The van der Waals surface area contributed by atoms with Crippen LogP contribution >= 0.6 is 23.2 Å². The predicted molar refractivity (Wildman–Crippen MR) is 111 cm³/mol. The van der Waals surface area contributed by atoms with Gasteiger partial charge in [0.25, 0.3) is 0 Å². The number of aliphatic hydroxyl groups is 1. The Morgan fingerprint density at radius 3 is 2.86 bits per heavy atom. The van der Waals surface area contributed by atoms with Crippen LogP contribution in [0.5, 0.6) is 0 Å². The second-order valence-electron chi connectivity index (χ2n) is 7.19. The highest BCUT2D eigenvalue weighted by Crippen LogP contribution is 2.53. The maximum atomic E-state index is 12.3. The second-order valence-corrected chi connectivity index (χ2v) is 7.98. The molecule has 0 bridgehead atoms. The first-order valence-corrected chi connectivity index (χ1v) is 9.83. The van der Waals surface area contributed by atoms with Crippen LogP contribution in [0.2, 0.25) is 10.0 Å². The molecule has 0 aliphatic carbocycles. The molecule has 1 fully saturated rings. The molecule has 3 heterocycles. The monoisotopic (exact) mass is 413 g/mol. The number of piperidine rings is 1. The van der Waals surface area contributed by atoms with Gasteiger partial charge in [-0.15, -0.1) is 0 Å². The molecular formula is C21H17Cl2N3O2. The average Bonchev–Trinajstić information content (AvgIpc) is 3.29. The third-order valence-corrected chi connectivity index (χ3v) is 6.65. The van der Waals surface area contributed by atoms with Crippen LogP contribution in [0.15, 0.2) is 47.6 Å². The van der Waals surface area contributed by atoms with Crippen LogP contribution in [0.1, 0.15) is 17.5 Å². The fourth-order valence-corrected chi connectivity index (χ4v) is 4.91. The number of aromatic amines is 1. The van der Waals surface area contributed by atoms with Crippen LogP contribution in [0.25, 0.3) is 10.9 Å². The number of carbonyl (C=O) groups excluding carboxylic acids is 1. The number of nitrogens with zero attached hydrogens (tertiary/aromatic N) is 2. The summed E-state index contributed by atoms with van der Waals surface area (Å²) in [6.07, 6.45) is 2.60. The van der Waals surface area contributed by atoms with Crippen molar-refractivity contribution in [1.82, 2.24) is 9.88 Å². The van der Waals surface area contributed by atoms with Gasteiger partial charge in [-0.2, -0.15) is 0 Å². The van der Waals surface area contributed by atoms with E-state index in [1.807, 2.05) is 30.5 Å². The molecule has 1 atom stereocenters. The summed E-state index contributed by atoms with van der Waals surface area (Å²) in [5.74, 6) is -0.285. The maximum absolute atomic E-state index is 12.3. The zero-order valence-electron chi connectivity index (χ0n) is 14.9. The minimum absolute atomic E-state index is 0.285. The number of H-pyrrole nitrogens is 1. The summed E-state index contributed by atoms with van der Waals surface area (Å²) >= 11 is 12.8. The number of halogens is 2. The molecule has 2 N–H and O–H groups in total. The molecule has 1 aromatic heterocycles. The van der Waals surface area contributed by atoms with Crippen LogP contribution in [-0.2, 0) is 10.2 Å². The van der Waals surface area contributed by atoms with E-state index < -0.39 is 12.0 Å². The Morgan fingerprint density at radius 2 is 2.04 bits per heavy atom. The molecular weight excluding hydrogens is 397 g/mol. The van der Waals surface area contributed by atoms with Crippen LogP contribution in [0, 0.1) is 0 Å². The summed E-state index contributed by atoms with van der Waals surface area (Å²) in [6, 6.07) is 11.8. The van der Waals surface area contributed by atoms with Gasteiger partial charge in [-0.1, -0.05) is 47.5 Å². The molecule has 3 aromatic rings. The summed E-state index contributed by atoms with van der Waals surface area (Å²) in [6.45, 7) is 0.407. The molecule has 28 heavy (non-hydrogen) atoms. The Morgan fingerprint density at radius 1 is 1.21 bits per heavy atom. The number of aliphatic hydroxyl groups excluding tert-OH is 1. The van der Waals surface area contributed by atoms with Crippen molar-refractivity contribution in [2.24, 2.45) is 4.99 Å². The van der Waals surface area contributed by atoms with E-state index in [1.165, 1.54) is 0 Å². The van der Waals surface area contributed by atoms with Gasteiger partial charge >= 0.3 is 0 Å². The molecule has 142 valence electrons. The number of benzene rings is 2. The molecule has 0 spiro atoms. The number of para-hydroxylation sites is 1. The van der Waals surface area contributed by atoms with Gasteiger partial charge in [-0.3, -0.25) is 9.79 Å². The summed E-state index contributed by atoms with van der Waals surface area (Å²) in [4.78, 5) is 22.3. The highest BCUT2D eigenvalue weighted by atomic mass is 35.5. The molecule has 0 radical (unpaired) electrons. The number of rotatable bonds is 2. The van der Waals surface area contributed by atoms with E-state index in [1.54, 1.807) is 11.0 Å². The molecule has 1 amide bonds. The van der Waals surface area contributed by atoms with Gasteiger partial charge in [-0.25, -0.2) is 0 Å². The lowest BCUT2D eigenvalue weighted by Crippen LogP contribution is -2.54. The first-order chi connectivity index (χ1) is 13.6. The van der Waals surface area contributed by atoms with E-state index in [0.717, 1.165) is 27.7 Å². The van der Waals surface area contributed by atoms with Crippen LogP contribution in [-0.4, -0.2) is 46.3 Å².